The van der Waals surface area contributed by atoms with E-state index in [2.05, 4.69) is 5.18 Å². The van der Waals surface area contributed by atoms with E-state index in [1.165, 1.54) is 13.8 Å². The predicted molar refractivity (Wildman–Crippen MR) is 40.2 cm³/mol. The van der Waals surface area contributed by atoms with Gasteiger partial charge in [-0.2, -0.15) is 0 Å². The van der Waals surface area contributed by atoms with Crippen molar-refractivity contribution >= 4 is 11.6 Å². The zero-order valence-electron chi connectivity index (χ0n) is 6.88. The van der Waals surface area contributed by atoms with Crippen molar-refractivity contribution in [3.8, 4) is 0 Å². The van der Waals surface area contributed by atoms with Gasteiger partial charge in [-0.05, 0) is 25.4 Å². The van der Waals surface area contributed by atoms with Gasteiger partial charge in [-0.3, -0.25) is 9.59 Å². The molecule has 0 unspecified atom stereocenters. The molecule has 0 bridgehead atoms. The van der Waals surface area contributed by atoms with Crippen LogP contribution in [0.25, 0.3) is 0 Å². The third kappa shape index (κ3) is 1.50. The summed E-state index contributed by atoms with van der Waals surface area (Å²) in [5.41, 5.74) is -1.62. The number of carbonyl (C=O) groups excluding carboxylic acids is 2. The van der Waals surface area contributed by atoms with Crippen molar-refractivity contribution in [3.63, 3.8) is 0 Å². The van der Waals surface area contributed by atoms with E-state index in [0.717, 1.165) is 0 Å². The van der Waals surface area contributed by atoms with Gasteiger partial charge < -0.3 is 0 Å². The fourth-order valence-corrected chi connectivity index (χ4v) is 0.939. The van der Waals surface area contributed by atoms with Gasteiger partial charge in [0.1, 0.15) is 0 Å². The van der Waals surface area contributed by atoms with Gasteiger partial charge >= 0.3 is 0 Å². The molecule has 0 aromatic heterocycles. The number of nitroso groups, excluding NO2 is 1. The highest BCUT2D eigenvalue weighted by molar-refractivity contribution is 6.09. The van der Waals surface area contributed by atoms with Crippen LogP contribution in [0.2, 0.25) is 0 Å². The molecule has 0 radical (unpaired) electrons. The molecule has 0 aliphatic rings. The fourth-order valence-electron chi connectivity index (χ4n) is 0.939. The molecule has 0 atom stereocenters. The Labute approximate surface area is 64.9 Å². The minimum Gasteiger partial charge on any atom is -0.297 e. The van der Waals surface area contributed by atoms with Crippen LogP contribution in [0, 0.1) is 4.91 Å². The fraction of sp³-hybridized carbons (Fsp3) is 0.714. The van der Waals surface area contributed by atoms with Crippen LogP contribution in [-0.4, -0.2) is 17.1 Å². The van der Waals surface area contributed by atoms with Gasteiger partial charge in [0.05, 0.1) is 0 Å². The van der Waals surface area contributed by atoms with E-state index >= 15 is 0 Å². The topological polar surface area (TPSA) is 63.6 Å². The molecule has 0 aromatic carbocycles. The second-order valence-corrected chi connectivity index (χ2v) is 2.42. The van der Waals surface area contributed by atoms with Gasteiger partial charge in [0, 0.05) is 0 Å². The maximum atomic E-state index is 10.9. The van der Waals surface area contributed by atoms with Crippen LogP contribution >= 0.6 is 0 Å². The third-order valence-electron chi connectivity index (χ3n) is 1.83. The van der Waals surface area contributed by atoms with E-state index in [1.807, 2.05) is 0 Å². The molecule has 62 valence electrons. The lowest BCUT2D eigenvalue weighted by molar-refractivity contribution is -0.132. The van der Waals surface area contributed by atoms with E-state index in [0.29, 0.717) is 0 Å². The minimum atomic E-state index is -1.62. The first-order valence-electron chi connectivity index (χ1n) is 3.38. The maximum absolute atomic E-state index is 10.9. The number of Topliss-reactive ketones (excluding diaryl/α,β-unsaturated/α-hetero) is 2. The second kappa shape index (κ2) is 3.37. The lowest BCUT2D eigenvalue weighted by Gasteiger charge is -2.16. The number of ketones is 2. The van der Waals surface area contributed by atoms with Gasteiger partial charge in [0.15, 0.2) is 11.6 Å². The van der Waals surface area contributed by atoms with E-state index in [4.69, 9.17) is 0 Å². The summed E-state index contributed by atoms with van der Waals surface area (Å²) in [4.78, 5) is 32.0. The van der Waals surface area contributed by atoms with Crippen LogP contribution in [0.3, 0.4) is 0 Å². The van der Waals surface area contributed by atoms with Crippen molar-refractivity contribution in [2.24, 2.45) is 5.18 Å². The Morgan fingerprint density at radius 3 is 1.64 bits per heavy atom. The monoisotopic (exact) mass is 157 g/mol. The van der Waals surface area contributed by atoms with Gasteiger partial charge in [0.2, 0.25) is 5.54 Å². The molecule has 0 fully saturated rings. The van der Waals surface area contributed by atoms with Crippen LogP contribution in [-0.2, 0) is 9.59 Å². The maximum Gasteiger partial charge on any atom is 0.217 e. The van der Waals surface area contributed by atoms with E-state index in [1.54, 1.807) is 6.92 Å². The normalized spacial score (nSPS) is 10.8. The minimum absolute atomic E-state index is 0.140. The Hall–Kier alpha value is -1.06. The standard InChI is InChI=1S/C7H11NO3/c1-4-7(8-11,5(2)9)6(3)10/h4H2,1-3H3. The van der Waals surface area contributed by atoms with Crippen molar-refractivity contribution in [2.75, 3.05) is 0 Å². The Bertz CT molecular complexity index is 184. The first-order valence-corrected chi connectivity index (χ1v) is 3.38. The first-order chi connectivity index (χ1) is 5.01. The molecule has 0 aliphatic carbocycles. The van der Waals surface area contributed by atoms with Crippen molar-refractivity contribution in [1.82, 2.24) is 0 Å². The summed E-state index contributed by atoms with van der Waals surface area (Å²) in [7, 11) is 0. The molecule has 0 N–H and O–H groups in total. The molecule has 0 spiro atoms. The molecule has 0 amide bonds. The molecular formula is C7H11NO3. The molecule has 4 heteroatoms. The van der Waals surface area contributed by atoms with Crippen LogP contribution < -0.4 is 0 Å². The van der Waals surface area contributed by atoms with Gasteiger partial charge in [-0.15, -0.1) is 4.91 Å². The first kappa shape index (κ1) is 9.94. The summed E-state index contributed by atoms with van der Waals surface area (Å²) in [6.07, 6.45) is 0.140. The molecular weight excluding hydrogens is 146 g/mol. The number of nitrogens with zero attached hydrogens (tertiary/aromatic N) is 1. The highest BCUT2D eigenvalue weighted by atomic mass is 16.3. The van der Waals surface area contributed by atoms with E-state index in [9.17, 15) is 14.5 Å². The van der Waals surface area contributed by atoms with Crippen LogP contribution in [0.5, 0.6) is 0 Å². The number of hydrogen-bond acceptors (Lipinski definition) is 4. The molecule has 0 heterocycles. The average Bonchev–Trinajstić information content (AvgIpc) is 1.90. The second-order valence-electron chi connectivity index (χ2n) is 2.42. The molecule has 11 heavy (non-hydrogen) atoms. The summed E-state index contributed by atoms with van der Waals surface area (Å²) in [6.45, 7) is 3.99. The highest BCUT2D eigenvalue weighted by Crippen LogP contribution is 2.17. The highest BCUT2D eigenvalue weighted by Gasteiger charge is 2.40. The average molecular weight is 157 g/mol. The predicted octanol–water partition coefficient (Wildman–Crippen LogP) is 1.08. The third-order valence-corrected chi connectivity index (χ3v) is 1.83. The van der Waals surface area contributed by atoms with Gasteiger partial charge in [-0.25, -0.2) is 0 Å². The summed E-state index contributed by atoms with van der Waals surface area (Å²) in [5.74, 6) is -0.968. The zero-order valence-corrected chi connectivity index (χ0v) is 6.88. The summed E-state index contributed by atoms with van der Waals surface area (Å²) in [5, 5.41) is 2.59. The Morgan fingerprint density at radius 2 is 1.64 bits per heavy atom. The SMILES string of the molecule is CCC(N=O)(C(C)=O)C(C)=O. The molecule has 0 aliphatic heterocycles. The molecule has 0 saturated heterocycles. The van der Waals surface area contributed by atoms with Crippen LogP contribution in [0.4, 0.5) is 0 Å². The zero-order chi connectivity index (χ0) is 9.07. The Kier molecular flexibility index (Phi) is 3.04. The lowest BCUT2D eigenvalue weighted by atomic mass is 9.89. The lowest BCUT2D eigenvalue weighted by Crippen LogP contribution is -2.41. The van der Waals surface area contributed by atoms with Gasteiger partial charge in [-0.1, -0.05) is 6.92 Å². The van der Waals surface area contributed by atoms with Crippen molar-refractivity contribution in [3.05, 3.63) is 4.91 Å². The van der Waals surface area contributed by atoms with Crippen molar-refractivity contribution in [1.29, 1.82) is 0 Å². The number of carbonyl (C=O) groups is 2. The summed E-state index contributed by atoms with van der Waals surface area (Å²) >= 11 is 0. The Balaban J connectivity index is 4.91. The van der Waals surface area contributed by atoms with Crippen molar-refractivity contribution in [2.45, 2.75) is 32.7 Å². The number of rotatable bonds is 4. The van der Waals surface area contributed by atoms with Crippen LogP contribution in [0.1, 0.15) is 27.2 Å². The number of hydrogen-bond donors (Lipinski definition) is 0. The molecule has 4 nitrogen and oxygen atoms in total. The summed E-state index contributed by atoms with van der Waals surface area (Å²) < 4.78 is 0. The van der Waals surface area contributed by atoms with E-state index in [-0.39, 0.29) is 6.42 Å². The molecule has 0 aromatic rings. The largest absolute Gasteiger partial charge is 0.297 e. The van der Waals surface area contributed by atoms with Crippen LogP contribution in [0.15, 0.2) is 5.18 Å². The quantitative estimate of drug-likeness (QED) is 0.453. The molecule has 0 rings (SSSR count). The smallest absolute Gasteiger partial charge is 0.217 e. The van der Waals surface area contributed by atoms with Crippen molar-refractivity contribution < 1.29 is 9.59 Å². The van der Waals surface area contributed by atoms with E-state index < -0.39 is 17.1 Å². The Morgan fingerprint density at radius 1 is 1.27 bits per heavy atom. The summed E-state index contributed by atoms with van der Waals surface area (Å²) in [6, 6.07) is 0. The van der Waals surface area contributed by atoms with Gasteiger partial charge in [0.25, 0.3) is 0 Å². The molecule has 0 saturated carbocycles.